The number of hydrogen-bond donors (Lipinski definition) is 2. The molecule has 2 unspecified atom stereocenters. The molecule has 4 heteroatoms. The summed E-state index contributed by atoms with van der Waals surface area (Å²) >= 11 is 0. The zero-order valence-electron chi connectivity index (χ0n) is 10.9. The van der Waals surface area contributed by atoms with Gasteiger partial charge in [0.1, 0.15) is 0 Å². The monoisotopic (exact) mass is 241 g/mol. The lowest BCUT2D eigenvalue weighted by atomic mass is 9.57. The normalized spacial score (nSPS) is 40.3. The number of carboxylic acids is 1. The third-order valence-corrected chi connectivity index (χ3v) is 5.23. The zero-order valence-corrected chi connectivity index (χ0v) is 10.9. The number of hydrogen-bond acceptors (Lipinski definition) is 3. The highest BCUT2D eigenvalue weighted by molar-refractivity contribution is 5.76. The molecule has 0 radical (unpaired) electrons. The van der Waals surface area contributed by atoms with Crippen LogP contribution in [0.5, 0.6) is 0 Å². The van der Waals surface area contributed by atoms with Crippen LogP contribution in [0.4, 0.5) is 0 Å². The van der Waals surface area contributed by atoms with E-state index in [1.807, 2.05) is 13.8 Å². The minimum absolute atomic E-state index is 0.0782. The third kappa shape index (κ3) is 1.61. The van der Waals surface area contributed by atoms with Gasteiger partial charge >= 0.3 is 5.97 Å². The molecule has 2 N–H and O–H groups in total. The fraction of sp³-hybridized carbons (Fsp3) is 0.923. The van der Waals surface area contributed by atoms with Gasteiger partial charge in [0.15, 0.2) is 0 Å². The van der Waals surface area contributed by atoms with Gasteiger partial charge in [-0.05, 0) is 44.7 Å². The maximum Gasteiger partial charge on any atom is 0.312 e. The predicted octanol–water partition coefficient (Wildman–Crippen LogP) is 1.19. The molecule has 98 valence electrons. The molecular weight excluding hydrogens is 218 g/mol. The molecule has 0 aromatic heterocycles. The van der Waals surface area contributed by atoms with Crippen molar-refractivity contribution >= 4 is 5.97 Å². The molecule has 0 amide bonds. The van der Waals surface area contributed by atoms with Crippen LogP contribution in [0.1, 0.15) is 33.6 Å². The van der Waals surface area contributed by atoms with Gasteiger partial charge in [-0.25, -0.2) is 0 Å². The zero-order chi connectivity index (χ0) is 12.8. The number of nitrogens with zero attached hydrogens (tertiary/aromatic N) is 1. The van der Waals surface area contributed by atoms with Crippen LogP contribution in [-0.4, -0.2) is 46.3 Å². The van der Waals surface area contributed by atoms with Crippen LogP contribution in [0.25, 0.3) is 0 Å². The Hall–Kier alpha value is -0.610. The van der Waals surface area contributed by atoms with Gasteiger partial charge < -0.3 is 15.1 Å². The summed E-state index contributed by atoms with van der Waals surface area (Å²) in [4.78, 5) is 13.9. The lowest BCUT2D eigenvalue weighted by Crippen LogP contribution is -2.69. The van der Waals surface area contributed by atoms with Crippen LogP contribution in [0.3, 0.4) is 0 Å². The van der Waals surface area contributed by atoms with Crippen molar-refractivity contribution in [3.8, 4) is 0 Å². The average Bonchev–Trinajstić information content (AvgIpc) is 2.28. The highest BCUT2D eigenvalue weighted by atomic mass is 16.4. The summed E-state index contributed by atoms with van der Waals surface area (Å²) in [6.45, 7) is 8.01. The molecule has 3 saturated heterocycles. The molecule has 3 fully saturated rings. The Morgan fingerprint density at radius 1 is 1.41 bits per heavy atom. The highest BCUT2D eigenvalue weighted by Crippen LogP contribution is 2.50. The van der Waals surface area contributed by atoms with Crippen molar-refractivity contribution in [2.75, 3.05) is 19.6 Å². The van der Waals surface area contributed by atoms with Gasteiger partial charge in [-0.3, -0.25) is 4.79 Å². The number of piperidine rings is 3. The number of carboxylic acid groups (broad SMARTS) is 1. The molecule has 2 bridgehead atoms. The van der Waals surface area contributed by atoms with E-state index in [2.05, 4.69) is 4.90 Å². The Bertz CT molecular complexity index is 323. The first-order chi connectivity index (χ1) is 7.82. The number of rotatable bonds is 3. The molecule has 0 aromatic carbocycles. The van der Waals surface area contributed by atoms with E-state index in [-0.39, 0.29) is 11.8 Å². The minimum Gasteiger partial charge on any atom is -0.481 e. The van der Waals surface area contributed by atoms with E-state index < -0.39 is 17.0 Å². The molecular formula is C13H23NO3. The molecule has 2 atom stereocenters. The second-order valence-electron chi connectivity index (χ2n) is 6.14. The summed E-state index contributed by atoms with van der Waals surface area (Å²) in [5.74, 6) is -0.815. The van der Waals surface area contributed by atoms with E-state index in [0.717, 1.165) is 25.9 Å². The number of aliphatic hydroxyl groups is 1. The van der Waals surface area contributed by atoms with Gasteiger partial charge in [-0.1, -0.05) is 13.8 Å². The first kappa shape index (κ1) is 12.8. The fourth-order valence-corrected chi connectivity index (χ4v) is 3.56. The SMILES string of the molecule is CC(C)C(C)(C(=O)O)C1(O)CN2CCC1CC2. The third-order valence-electron chi connectivity index (χ3n) is 5.23. The van der Waals surface area contributed by atoms with Crippen LogP contribution in [-0.2, 0) is 4.79 Å². The minimum atomic E-state index is -1.08. The van der Waals surface area contributed by atoms with E-state index in [9.17, 15) is 15.0 Å². The van der Waals surface area contributed by atoms with Crippen LogP contribution < -0.4 is 0 Å². The lowest BCUT2D eigenvalue weighted by molar-refractivity contribution is -0.211. The first-order valence-corrected chi connectivity index (χ1v) is 6.50. The average molecular weight is 241 g/mol. The summed E-state index contributed by atoms with van der Waals surface area (Å²) in [6, 6.07) is 0. The second-order valence-corrected chi connectivity index (χ2v) is 6.14. The van der Waals surface area contributed by atoms with Crippen molar-refractivity contribution in [2.45, 2.75) is 39.2 Å². The molecule has 0 spiro atoms. The summed E-state index contributed by atoms with van der Waals surface area (Å²) in [6.07, 6.45) is 1.85. The number of aliphatic carboxylic acids is 1. The summed E-state index contributed by atoms with van der Waals surface area (Å²) in [5, 5.41) is 20.6. The largest absolute Gasteiger partial charge is 0.481 e. The molecule has 17 heavy (non-hydrogen) atoms. The highest BCUT2D eigenvalue weighted by Gasteiger charge is 2.61. The van der Waals surface area contributed by atoms with Gasteiger partial charge in [-0.2, -0.15) is 0 Å². The smallest absolute Gasteiger partial charge is 0.312 e. The van der Waals surface area contributed by atoms with Gasteiger partial charge in [-0.15, -0.1) is 0 Å². The van der Waals surface area contributed by atoms with Gasteiger partial charge in [0, 0.05) is 6.54 Å². The van der Waals surface area contributed by atoms with Crippen molar-refractivity contribution in [3.05, 3.63) is 0 Å². The summed E-state index contributed by atoms with van der Waals surface area (Å²) in [5.41, 5.74) is -2.14. The van der Waals surface area contributed by atoms with E-state index in [1.165, 1.54) is 0 Å². The second kappa shape index (κ2) is 3.95. The van der Waals surface area contributed by atoms with E-state index >= 15 is 0 Å². The molecule has 3 heterocycles. The Morgan fingerprint density at radius 2 is 1.94 bits per heavy atom. The van der Waals surface area contributed by atoms with Gasteiger partial charge in [0.2, 0.25) is 0 Å². The van der Waals surface area contributed by atoms with Crippen molar-refractivity contribution in [1.82, 2.24) is 4.90 Å². The van der Waals surface area contributed by atoms with E-state index in [4.69, 9.17) is 0 Å². The van der Waals surface area contributed by atoms with Crippen LogP contribution in [0.2, 0.25) is 0 Å². The molecule has 3 aliphatic rings. The predicted molar refractivity (Wildman–Crippen MR) is 64.7 cm³/mol. The molecule has 0 aromatic rings. The first-order valence-electron chi connectivity index (χ1n) is 6.50. The van der Waals surface area contributed by atoms with Crippen molar-refractivity contribution in [3.63, 3.8) is 0 Å². The van der Waals surface area contributed by atoms with Crippen molar-refractivity contribution < 1.29 is 15.0 Å². The van der Waals surface area contributed by atoms with Crippen molar-refractivity contribution in [1.29, 1.82) is 0 Å². The standard InChI is InChI=1S/C13H23NO3/c1-9(2)12(3,11(15)16)13(17)8-14-6-4-10(13)5-7-14/h9-10,17H,4-8H2,1-3H3,(H,15,16). The fourth-order valence-electron chi connectivity index (χ4n) is 3.56. The van der Waals surface area contributed by atoms with Gasteiger partial charge in [0.25, 0.3) is 0 Å². The molecule has 4 nitrogen and oxygen atoms in total. The van der Waals surface area contributed by atoms with Crippen LogP contribution in [0, 0.1) is 17.3 Å². The van der Waals surface area contributed by atoms with Gasteiger partial charge in [0.05, 0.1) is 11.0 Å². The molecule has 3 aliphatic heterocycles. The maximum absolute atomic E-state index is 11.7. The molecule has 0 saturated carbocycles. The number of fused-ring (bicyclic) bond motifs is 3. The Kier molecular flexibility index (Phi) is 2.99. The maximum atomic E-state index is 11.7. The van der Waals surface area contributed by atoms with E-state index in [0.29, 0.717) is 6.54 Å². The van der Waals surface area contributed by atoms with Crippen LogP contribution in [0.15, 0.2) is 0 Å². The summed E-state index contributed by atoms with van der Waals surface area (Å²) < 4.78 is 0. The molecule has 0 aliphatic carbocycles. The molecule has 3 rings (SSSR count). The van der Waals surface area contributed by atoms with Crippen molar-refractivity contribution in [2.24, 2.45) is 17.3 Å². The summed E-state index contributed by atoms with van der Waals surface area (Å²) in [7, 11) is 0. The Morgan fingerprint density at radius 3 is 2.24 bits per heavy atom. The number of carbonyl (C=O) groups is 1. The Labute approximate surface area is 103 Å². The Balaban J connectivity index is 2.39. The lowest BCUT2D eigenvalue weighted by Gasteiger charge is -2.57. The van der Waals surface area contributed by atoms with E-state index in [1.54, 1.807) is 6.92 Å². The topological polar surface area (TPSA) is 60.8 Å². The quantitative estimate of drug-likeness (QED) is 0.779. The van der Waals surface area contributed by atoms with Crippen LogP contribution >= 0.6 is 0 Å².